The highest BCUT2D eigenvalue weighted by Gasteiger charge is 2.23. The van der Waals surface area contributed by atoms with E-state index in [1.807, 2.05) is 0 Å². The molecule has 1 fully saturated rings. The van der Waals surface area contributed by atoms with Gasteiger partial charge in [-0.25, -0.2) is 0 Å². The summed E-state index contributed by atoms with van der Waals surface area (Å²) in [6.45, 7) is 1.93. The highest BCUT2D eigenvalue weighted by Crippen LogP contribution is 2.24. The summed E-state index contributed by atoms with van der Waals surface area (Å²) in [5.41, 5.74) is 0. The third-order valence-electron chi connectivity index (χ3n) is 3.06. The maximum Gasteiger partial charge on any atom is 0.319 e. The Labute approximate surface area is 90.4 Å². The molecular formula is C11H19NO3. The summed E-state index contributed by atoms with van der Waals surface area (Å²) < 4.78 is 4.55. The molecule has 0 aliphatic heterocycles. The minimum absolute atomic E-state index is 0.233. The first-order valence-electron chi connectivity index (χ1n) is 5.44. The first-order valence-corrected chi connectivity index (χ1v) is 5.44. The van der Waals surface area contributed by atoms with E-state index >= 15 is 0 Å². The second-order valence-electron chi connectivity index (χ2n) is 4.12. The molecule has 1 saturated carbocycles. The van der Waals surface area contributed by atoms with Crippen molar-refractivity contribution in [1.29, 1.82) is 0 Å². The lowest BCUT2D eigenvalue weighted by molar-refractivity contribution is -0.139. The lowest BCUT2D eigenvalue weighted by atomic mass is 9.84. The molecule has 86 valence electrons. The number of ether oxygens (including phenoxy) is 1. The lowest BCUT2D eigenvalue weighted by Crippen LogP contribution is -2.37. The van der Waals surface area contributed by atoms with Gasteiger partial charge in [0.05, 0.1) is 13.7 Å². The molecule has 0 atom stereocenters. The zero-order valence-electron chi connectivity index (χ0n) is 9.41. The first-order chi connectivity index (χ1) is 7.13. The lowest BCUT2D eigenvalue weighted by Gasteiger charge is -2.27. The maximum atomic E-state index is 11.1. The summed E-state index contributed by atoms with van der Waals surface area (Å²) in [5.74, 6) is 0.297. The summed E-state index contributed by atoms with van der Waals surface area (Å²) in [6, 6.07) is 0.361. The van der Waals surface area contributed by atoms with Crippen LogP contribution in [-0.2, 0) is 14.3 Å². The molecule has 4 heteroatoms. The van der Waals surface area contributed by atoms with Gasteiger partial charge in [0.15, 0.2) is 0 Å². The van der Waals surface area contributed by atoms with Crippen LogP contribution in [0.4, 0.5) is 0 Å². The molecule has 1 aliphatic rings. The SMILES string of the molecule is COC(=O)CNC1CCC(C(C)=O)CC1. The molecule has 0 bridgehead atoms. The number of esters is 1. The molecule has 1 rings (SSSR count). The molecule has 4 nitrogen and oxygen atoms in total. The largest absolute Gasteiger partial charge is 0.468 e. The van der Waals surface area contributed by atoms with Crippen LogP contribution in [0.5, 0.6) is 0 Å². The van der Waals surface area contributed by atoms with E-state index in [-0.39, 0.29) is 18.4 Å². The molecule has 1 N–H and O–H groups in total. The van der Waals surface area contributed by atoms with Gasteiger partial charge in [-0.1, -0.05) is 0 Å². The Kier molecular flexibility index (Phi) is 4.75. The van der Waals surface area contributed by atoms with Crippen molar-refractivity contribution in [3.63, 3.8) is 0 Å². The Balaban J connectivity index is 2.20. The number of hydrogen-bond donors (Lipinski definition) is 1. The molecular weight excluding hydrogens is 194 g/mol. The second kappa shape index (κ2) is 5.85. The summed E-state index contributed by atoms with van der Waals surface area (Å²) in [4.78, 5) is 22.0. The Morgan fingerprint density at radius 3 is 2.33 bits per heavy atom. The molecule has 15 heavy (non-hydrogen) atoms. The zero-order valence-corrected chi connectivity index (χ0v) is 9.41. The molecule has 0 aromatic heterocycles. The van der Waals surface area contributed by atoms with E-state index in [9.17, 15) is 9.59 Å². The molecule has 0 aromatic rings. The van der Waals surface area contributed by atoms with Crippen LogP contribution in [0.3, 0.4) is 0 Å². The van der Waals surface area contributed by atoms with E-state index in [0.717, 1.165) is 25.7 Å². The van der Waals surface area contributed by atoms with Crippen molar-refractivity contribution in [3.8, 4) is 0 Å². The van der Waals surface area contributed by atoms with E-state index in [2.05, 4.69) is 10.1 Å². The van der Waals surface area contributed by atoms with Crippen molar-refractivity contribution >= 4 is 11.8 Å². The third-order valence-corrected chi connectivity index (χ3v) is 3.06. The van der Waals surface area contributed by atoms with Crippen molar-refractivity contribution in [2.24, 2.45) is 5.92 Å². The van der Waals surface area contributed by atoms with Crippen LogP contribution >= 0.6 is 0 Å². The molecule has 0 unspecified atom stereocenters. The molecule has 0 spiro atoms. The Hall–Kier alpha value is -0.900. The fourth-order valence-corrected chi connectivity index (χ4v) is 2.00. The monoisotopic (exact) mass is 213 g/mol. The quantitative estimate of drug-likeness (QED) is 0.705. The highest BCUT2D eigenvalue weighted by molar-refractivity contribution is 5.78. The van der Waals surface area contributed by atoms with Crippen LogP contribution in [0, 0.1) is 5.92 Å². The van der Waals surface area contributed by atoms with E-state index in [1.54, 1.807) is 6.92 Å². The smallest absolute Gasteiger partial charge is 0.319 e. The normalized spacial score (nSPS) is 26.0. The van der Waals surface area contributed by atoms with Gasteiger partial charge in [0, 0.05) is 12.0 Å². The number of Topliss-reactive ketones (excluding diaryl/α,β-unsaturated/α-hetero) is 1. The Morgan fingerprint density at radius 1 is 1.27 bits per heavy atom. The van der Waals surface area contributed by atoms with Gasteiger partial charge in [0.25, 0.3) is 0 Å². The predicted molar refractivity (Wildman–Crippen MR) is 56.4 cm³/mol. The van der Waals surface area contributed by atoms with Gasteiger partial charge in [-0.15, -0.1) is 0 Å². The van der Waals surface area contributed by atoms with Crippen LogP contribution in [0.2, 0.25) is 0 Å². The Bertz CT molecular complexity index is 232. The maximum absolute atomic E-state index is 11.1. The fourth-order valence-electron chi connectivity index (χ4n) is 2.00. The number of carbonyl (C=O) groups is 2. The minimum atomic E-state index is -0.233. The van der Waals surface area contributed by atoms with Gasteiger partial charge < -0.3 is 10.1 Å². The number of rotatable bonds is 4. The molecule has 1 aliphatic carbocycles. The first kappa shape index (κ1) is 12.2. The van der Waals surface area contributed by atoms with Crippen LogP contribution in [0.25, 0.3) is 0 Å². The van der Waals surface area contributed by atoms with Crippen LogP contribution in [-0.4, -0.2) is 31.4 Å². The third kappa shape index (κ3) is 4.00. The van der Waals surface area contributed by atoms with Crippen LogP contribution in [0.1, 0.15) is 32.6 Å². The van der Waals surface area contributed by atoms with Crippen molar-refractivity contribution in [3.05, 3.63) is 0 Å². The number of hydrogen-bond acceptors (Lipinski definition) is 4. The second-order valence-corrected chi connectivity index (χ2v) is 4.12. The number of methoxy groups -OCH3 is 1. The summed E-state index contributed by atoms with van der Waals surface area (Å²) in [7, 11) is 1.39. The van der Waals surface area contributed by atoms with E-state index in [0.29, 0.717) is 11.8 Å². The molecule has 0 amide bonds. The Morgan fingerprint density at radius 2 is 1.87 bits per heavy atom. The summed E-state index contributed by atoms with van der Waals surface area (Å²) >= 11 is 0. The predicted octanol–water partition coefficient (Wildman–Crippen LogP) is 0.897. The standard InChI is InChI=1S/C11H19NO3/c1-8(13)9-3-5-10(6-4-9)12-7-11(14)15-2/h9-10,12H,3-7H2,1-2H3. The zero-order chi connectivity index (χ0) is 11.3. The highest BCUT2D eigenvalue weighted by atomic mass is 16.5. The number of ketones is 1. The van der Waals surface area contributed by atoms with E-state index < -0.39 is 0 Å². The van der Waals surface area contributed by atoms with Crippen molar-refractivity contribution < 1.29 is 14.3 Å². The van der Waals surface area contributed by atoms with Crippen molar-refractivity contribution in [2.75, 3.05) is 13.7 Å². The molecule has 0 heterocycles. The van der Waals surface area contributed by atoms with Gasteiger partial charge in [0.2, 0.25) is 0 Å². The van der Waals surface area contributed by atoms with Gasteiger partial charge in [0.1, 0.15) is 5.78 Å². The summed E-state index contributed by atoms with van der Waals surface area (Å²) in [6.07, 6.45) is 3.82. The topological polar surface area (TPSA) is 55.4 Å². The van der Waals surface area contributed by atoms with Gasteiger partial charge in [-0.3, -0.25) is 9.59 Å². The molecule has 0 saturated heterocycles. The van der Waals surface area contributed by atoms with Gasteiger partial charge in [-0.2, -0.15) is 0 Å². The minimum Gasteiger partial charge on any atom is -0.468 e. The number of nitrogens with one attached hydrogen (secondary N) is 1. The van der Waals surface area contributed by atoms with Crippen molar-refractivity contribution in [2.45, 2.75) is 38.6 Å². The van der Waals surface area contributed by atoms with E-state index in [4.69, 9.17) is 0 Å². The van der Waals surface area contributed by atoms with E-state index in [1.165, 1.54) is 7.11 Å². The van der Waals surface area contributed by atoms with Gasteiger partial charge in [-0.05, 0) is 32.6 Å². The summed E-state index contributed by atoms with van der Waals surface area (Å²) in [5, 5.41) is 3.15. The fraction of sp³-hybridized carbons (Fsp3) is 0.818. The average Bonchev–Trinajstić information content (AvgIpc) is 2.26. The van der Waals surface area contributed by atoms with Crippen molar-refractivity contribution in [1.82, 2.24) is 5.32 Å². The molecule has 0 aromatic carbocycles. The molecule has 0 radical (unpaired) electrons. The average molecular weight is 213 g/mol. The van der Waals surface area contributed by atoms with Crippen LogP contribution < -0.4 is 5.32 Å². The van der Waals surface area contributed by atoms with Crippen LogP contribution in [0.15, 0.2) is 0 Å². The number of carbonyl (C=O) groups excluding carboxylic acids is 2. The van der Waals surface area contributed by atoms with Gasteiger partial charge >= 0.3 is 5.97 Å².